The van der Waals surface area contributed by atoms with Gasteiger partial charge in [0.05, 0.1) is 11.7 Å². The third-order valence-electron chi connectivity index (χ3n) is 4.98. The normalized spacial score (nSPS) is 20.8. The molecular formula is C18H18N4O2. The topological polar surface area (TPSA) is 64.2 Å². The number of hydrogen-bond acceptors (Lipinski definition) is 4. The Hall–Kier alpha value is -2.63. The van der Waals surface area contributed by atoms with Gasteiger partial charge >= 0.3 is 0 Å². The van der Waals surface area contributed by atoms with Gasteiger partial charge in [0.15, 0.2) is 5.76 Å². The van der Waals surface area contributed by atoms with Gasteiger partial charge in [-0.3, -0.25) is 4.79 Å². The Bertz CT molecular complexity index is 876. The molecule has 1 saturated heterocycles. The van der Waals surface area contributed by atoms with Crippen LogP contribution in [0.5, 0.6) is 0 Å². The molecule has 0 radical (unpaired) electrons. The second-order valence-electron chi connectivity index (χ2n) is 6.74. The molecule has 0 bridgehead atoms. The SMILES string of the molecule is O=C(c1cc2ccccc2o1)N1CC[C@@H](n2cc(C3CC3)nn2)C1. The quantitative estimate of drug-likeness (QED) is 0.743. The Morgan fingerprint density at radius 3 is 2.92 bits per heavy atom. The molecule has 1 aliphatic heterocycles. The molecule has 0 unspecified atom stereocenters. The van der Waals surface area contributed by atoms with Gasteiger partial charge in [-0.2, -0.15) is 0 Å². The van der Waals surface area contributed by atoms with Crippen LogP contribution >= 0.6 is 0 Å². The van der Waals surface area contributed by atoms with E-state index in [0.29, 0.717) is 18.2 Å². The lowest BCUT2D eigenvalue weighted by Crippen LogP contribution is -2.28. The van der Waals surface area contributed by atoms with Crippen molar-refractivity contribution in [1.82, 2.24) is 19.9 Å². The number of carbonyl (C=O) groups is 1. The van der Waals surface area contributed by atoms with Crippen LogP contribution in [0.15, 0.2) is 40.9 Å². The molecule has 5 rings (SSSR count). The van der Waals surface area contributed by atoms with Crippen LogP contribution in [0.4, 0.5) is 0 Å². The van der Waals surface area contributed by atoms with E-state index in [1.54, 1.807) is 0 Å². The number of carbonyl (C=O) groups excluding carboxylic acids is 1. The molecule has 24 heavy (non-hydrogen) atoms. The van der Waals surface area contributed by atoms with E-state index in [-0.39, 0.29) is 11.9 Å². The van der Waals surface area contributed by atoms with Crippen LogP contribution in [-0.4, -0.2) is 38.9 Å². The van der Waals surface area contributed by atoms with Gasteiger partial charge in [-0.15, -0.1) is 5.10 Å². The molecule has 122 valence electrons. The maximum absolute atomic E-state index is 12.7. The zero-order valence-corrected chi connectivity index (χ0v) is 13.3. The van der Waals surface area contributed by atoms with Crippen LogP contribution in [0.25, 0.3) is 11.0 Å². The summed E-state index contributed by atoms with van der Waals surface area (Å²) in [4.78, 5) is 14.6. The third kappa shape index (κ3) is 2.29. The molecule has 6 heteroatoms. The van der Waals surface area contributed by atoms with Crippen molar-refractivity contribution >= 4 is 16.9 Å². The van der Waals surface area contributed by atoms with E-state index < -0.39 is 0 Å². The number of nitrogens with zero attached hydrogens (tertiary/aromatic N) is 4. The van der Waals surface area contributed by atoms with Gasteiger partial charge < -0.3 is 9.32 Å². The van der Waals surface area contributed by atoms with Crippen molar-refractivity contribution in [2.24, 2.45) is 0 Å². The lowest BCUT2D eigenvalue weighted by atomic mass is 10.2. The summed E-state index contributed by atoms with van der Waals surface area (Å²) in [5.74, 6) is 0.971. The van der Waals surface area contributed by atoms with E-state index in [0.717, 1.165) is 29.6 Å². The average molecular weight is 322 g/mol. The van der Waals surface area contributed by atoms with Crippen molar-refractivity contribution in [3.05, 3.63) is 48.0 Å². The lowest BCUT2D eigenvalue weighted by molar-refractivity contribution is 0.0757. The fourth-order valence-corrected chi connectivity index (χ4v) is 3.42. The van der Waals surface area contributed by atoms with Gasteiger partial charge in [-0.25, -0.2) is 4.68 Å². The van der Waals surface area contributed by atoms with Crippen LogP contribution in [0.1, 0.15) is 47.5 Å². The van der Waals surface area contributed by atoms with E-state index in [1.165, 1.54) is 12.8 Å². The average Bonchev–Trinajstić information content (AvgIpc) is 3.07. The number of likely N-dealkylation sites (tertiary alicyclic amines) is 1. The first-order valence-electron chi connectivity index (χ1n) is 8.47. The van der Waals surface area contributed by atoms with Crippen LogP contribution in [0.3, 0.4) is 0 Å². The van der Waals surface area contributed by atoms with Crippen molar-refractivity contribution in [2.75, 3.05) is 13.1 Å². The van der Waals surface area contributed by atoms with Gasteiger partial charge in [0.2, 0.25) is 0 Å². The van der Waals surface area contributed by atoms with Crippen LogP contribution in [0, 0.1) is 0 Å². The first kappa shape index (κ1) is 13.8. The number of hydrogen-bond donors (Lipinski definition) is 0. The van der Waals surface area contributed by atoms with Gasteiger partial charge in [-0.1, -0.05) is 23.4 Å². The number of aromatic nitrogens is 3. The number of furan rings is 1. The maximum Gasteiger partial charge on any atom is 0.289 e. The minimum absolute atomic E-state index is 0.0452. The molecule has 2 aliphatic rings. The Balaban J connectivity index is 1.33. The first-order valence-corrected chi connectivity index (χ1v) is 8.47. The number of amides is 1. The fourth-order valence-electron chi connectivity index (χ4n) is 3.42. The zero-order valence-electron chi connectivity index (χ0n) is 13.3. The summed E-state index contributed by atoms with van der Waals surface area (Å²) in [7, 11) is 0. The molecule has 1 aromatic carbocycles. The summed E-state index contributed by atoms with van der Waals surface area (Å²) in [6.45, 7) is 1.38. The minimum atomic E-state index is -0.0452. The predicted molar refractivity (Wildman–Crippen MR) is 87.8 cm³/mol. The van der Waals surface area contributed by atoms with Crippen molar-refractivity contribution in [1.29, 1.82) is 0 Å². The maximum atomic E-state index is 12.7. The summed E-state index contributed by atoms with van der Waals surface area (Å²) in [5, 5.41) is 9.50. The number of benzene rings is 1. The summed E-state index contributed by atoms with van der Waals surface area (Å²) < 4.78 is 7.63. The van der Waals surface area contributed by atoms with E-state index >= 15 is 0 Å². The Morgan fingerprint density at radius 2 is 2.08 bits per heavy atom. The van der Waals surface area contributed by atoms with Crippen LogP contribution in [0.2, 0.25) is 0 Å². The molecule has 2 aromatic heterocycles. The molecule has 6 nitrogen and oxygen atoms in total. The number of para-hydroxylation sites is 1. The molecule has 1 atom stereocenters. The van der Waals surface area contributed by atoms with Gasteiger partial charge in [0.25, 0.3) is 5.91 Å². The van der Waals surface area contributed by atoms with Gasteiger partial charge in [0.1, 0.15) is 5.58 Å². The second-order valence-corrected chi connectivity index (χ2v) is 6.74. The molecule has 1 aliphatic carbocycles. The molecular weight excluding hydrogens is 304 g/mol. The van der Waals surface area contributed by atoms with E-state index in [2.05, 4.69) is 16.5 Å². The number of fused-ring (bicyclic) bond motifs is 1. The fraction of sp³-hybridized carbons (Fsp3) is 0.389. The van der Waals surface area contributed by atoms with Crippen LogP contribution in [-0.2, 0) is 0 Å². The number of rotatable bonds is 3. The Labute approximate surface area is 139 Å². The first-order chi connectivity index (χ1) is 11.8. The highest BCUT2D eigenvalue weighted by Crippen LogP contribution is 2.39. The highest BCUT2D eigenvalue weighted by Gasteiger charge is 2.32. The predicted octanol–water partition coefficient (Wildman–Crippen LogP) is 2.99. The molecule has 1 saturated carbocycles. The summed E-state index contributed by atoms with van der Waals surface area (Å²) in [6.07, 6.45) is 5.40. The summed E-state index contributed by atoms with van der Waals surface area (Å²) >= 11 is 0. The van der Waals surface area contributed by atoms with E-state index in [1.807, 2.05) is 39.9 Å². The van der Waals surface area contributed by atoms with E-state index in [4.69, 9.17) is 4.42 Å². The lowest BCUT2D eigenvalue weighted by Gasteiger charge is -2.14. The second kappa shape index (κ2) is 5.19. The van der Waals surface area contributed by atoms with Crippen molar-refractivity contribution < 1.29 is 9.21 Å². The molecule has 2 fully saturated rings. The molecule has 0 spiro atoms. The van der Waals surface area contributed by atoms with Gasteiger partial charge in [-0.05, 0) is 31.4 Å². The highest BCUT2D eigenvalue weighted by molar-refractivity contribution is 5.96. The summed E-state index contributed by atoms with van der Waals surface area (Å²) in [5.41, 5.74) is 1.85. The molecule has 3 heterocycles. The zero-order chi connectivity index (χ0) is 16.1. The van der Waals surface area contributed by atoms with E-state index in [9.17, 15) is 4.79 Å². The van der Waals surface area contributed by atoms with Crippen molar-refractivity contribution in [3.63, 3.8) is 0 Å². The highest BCUT2D eigenvalue weighted by atomic mass is 16.3. The van der Waals surface area contributed by atoms with Gasteiger partial charge in [0, 0.05) is 30.6 Å². The van der Waals surface area contributed by atoms with Crippen molar-refractivity contribution in [2.45, 2.75) is 31.2 Å². The third-order valence-corrected chi connectivity index (χ3v) is 4.98. The Morgan fingerprint density at radius 1 is 1.21 bits per heavy atom. The minimum Gasteiger partial charge on any atom is -0.451 e. The van der Waals surface area contributed by atoms with Crippen LogP contribution < -0.4 is 0 Å². The smallest absolute Gasteiger partial charge is 0.289 e. The molecule has 3 aromatic rings. The van der Waals surface area contributed by atoms with Crippen molar-refractivity contribution in [3.8, 4) is 0 Å². The molecule has 0 N–H and O–H groups in total. The monoisotopic (exact) mass is 322 g/mol. The summed E-state index contributed by atoms with van der Waals surface area (Å²) in [6, 6.07) is 9.73. The Kier molecular flexibility index (Phi) is 2.98. The largest absolute Gasteiger partial charge is 0.451 e. The molecule has 1 amide bonds. The standard InChI is InChI=1S/C18H18N4O2/c23-18(17-9-13-3-1-2-4-16(13)24-17)21-8-7-14(10-21)22-11-15(19-20-22)12-5-6-12/h1-4,9,11-12,14H,5-8,10H2/t14-/m1/s1.